The van der Waals surface area contributed by atoms with E-state index in [2.05, 4.69) is 20.5 Å². The van der Waals surface area contributed by atoms with Crippen molar-refractivity contribution < 1.29 is 14.8 Å². The number of para-hydroxylation sites is 1. The van der Waals surface area contributed by atoms with Gasteiger partial charge in [-0.2, -0.15) is 5.10 Å². The van der Waals surface area contributed by atoms with Crippen LogP contribution in [0.1, 0.15) is 5.56 Å². The Bertz CT molecular complexity index is 996. The van der Waals surface area contributed by atoms with Gasteiger partial charge in [-0.3, -0.25) is 15.5 Å². The number of fused-ring (bicyclic) bond motifs is 1. The van der Waals surface area contributed by atoms with Gasteiger partial charge in [-0.25, -0.2) is 14.8 Å². The van der Waals surface area contributed by atoms with Crippen LogP contribution in [0.4, 0.5) is 11.5 Å². The van der Waals surface area contributed by atoms with Crippen LogP contribution >= 0.6 is 0 Å². The van der Waals surface area contributed by atoms with E-state index in [1.807, 2.05) is 12.1 Å². The van der Waals surface area contributed by atoms with Crippen LogP contribution in [0.15, 0.2) is 60.0 Å². The molecular weight excluding hydrogens is 338 g/mol. The predicted molar refractivity (Wildman–Crippen MR) is 95.0 cm³/mol. The monoisotopic (exact) mass is 351 g/mol. The Morgan fingerprint density at radius 3 is 2.58 bits per heavy atom. The number of nitro groups is 1. The maximum absolute atomic E-state index is 11.5. The van der Waals surface area contributed by atoms with Crippen molar-refractivity contribution in [3.8, 4) is 0 Å². The lowest BCUT2D eigenvalue weighted by molar-refractivity contribution is -0.384. The smallest absolute Gasteiger partial charge is 0.352 e. The molecule has 0 fully saturated rings. The van der Waals surface area contributed by atoms with Gasteiger partial charge >= 0.3 is 5.97 Å². The van der Waals surface area contributed by atoms with Gasteiger partial charge in [0.25, 0.3) is 5.69 Å². The molecule has 0 unspecified atom stereocenters. The average Bonchev–Trinajstić information content (AvgIpc) is 2.65. The lowest BCUT2D eigenvalue weighted by atomic mass is 10.1. The summed E-state index contributed by atoms with van der Waals surface area (Å²) in [6.45, 7) is 0. The first-order valence-electron chi connectivity index (χ1n) is 7.53. The number of carboxylic acid groups (broad SMARTS) is 1. The number of hydrogen-bond acceptors (Lipinski definition) is 7. The molecular formula is C17H13N5O4. The van der Waals surface area contributed by atoms with E-state index in [0.717, 1.165) is 0 Å². The minimum Gasteiger partial charge on any atom is -0.477 e. The third kappa shape index (κ3) is 3.78. The standard InChI is InChI=1S/C17H13N5O4/c23-17(24)15(9-11-5-7-12(8-6-11)22(25)26)20-21-16-13-3-1-2-4-14(13)18-10-19-16/h1-8,10H,9H2,(H,23,24)(H,18,19,21)/b20-15+. The number of hydrazone groups is 1. The Labute approximate surface area is 147 Å². The molecule has 0 atom stereocenters. The summed E-state index contributed by atoms with van der Waals surface area (Å²) in [5.74, 6) is -0.813. The second-order valence-corrected chi connectivity index (χ2v) is 5.32. The number of nitro benzene ring substituents is 1. The van der Waals surface area contributed by atoms with Gasteiger partial charge in [0.15, 0.2) is 5.82 Å². The summed E-state index contributed by atoms with van der Waals surface area (Å²) in [5.41, 5.74) is 3.74. The molecule has 0 spiro atoms. The first-order chi connectivity index (χ1) is 12.5. The number of nitrogens with one attached hydrogen (secondary N) is 1. The van der Waals surface area contributed by atoms with Gasteiger partial charge in [0.2, 0.25) is 0 Å². The van der Waals surface area contributed by atoms with E-state index in [4.69, 9.17) is 0 Å². The Kier molecular flexibility index (Phi) is 4.79. The highest BCUT2D eigenvalue weighted by Gasteiger charge is 2.13. The van der Waals surface area contributed by atoms with Gasteiger partial charge in [0.1, 0.15) is 12.0 Å². The quantitative estimate of drug-likeness (QED) is 0.396. The molecule has 130 valence electrons. The highest BCUT2D eigenvalue weighted by molar-refractivity contribution is 6.36. The van der Waals surface area contributed by atoms with Gasteiger partial charge in [0, 0.05) is 23.9 Å². The molecule has 1 aromatic heterocycles. The molecule has 9 heteroatoms. The molecule has 0 saturated heterocycles. The van der Waals surface area contributed by atoms with E-state index >= 15 is 0 Å². The van der Waals surface area contributed by atoms with Crippen molar-refractivity contribution in [1.82, 2.24) is 9.97 Å². The van der Waals surface area contributed by atoms with Crippen LogP contribution in [0.25, 0.3) is 10.9 Å². The van der Waals surface area contributed by atoms with Crippen LogP contribution in [0.3, 0.4) is 0 Å². The number of aliphatic carboxylic acids is 1. The lowest BCUT2D eigenvalue weighted by Crippen LogP contribution is -2.18. The van der Waals surface area contributed by atoms with E-state index in [1.165, 1.54) is 30.6 Å². The first-order valence-corrected chi connectivity index (χ1v) is 7.53. The Balaban J connectivity index is 1.83. The largest absolute Gasteiger partial charge is 0.477 e. The molecule has 1 heterocycles. The molecule has 0 aliphatic heterocycles. The van der Waals surface area contributed by atoms with Crippen molar-refractivity contribution in [3.05, 3.63) is 70.5 Å². The van der Waals surface area contributed by atoms with Crippen molar-refractivity contribution in [2.75, 3.05) is 5.43 Å². The summed E-state index contributed by atoms with van der Waals surface area (Å²) in [6, 6.07) is 12.9. The lowest BCUT2D eigenvalue weighted by Gasteiger charge is -2.06. The van der Waals surface area contributed by atoms with Crippen molar-refractivity contribution in [2.45, 2.75) is 6.42 Å². The van der Waals surface area contributed by atoms with E-state index in [0.29, 0.717) is 22.3 Å². The summed E-state index contributed by atoms with van der Waals surface area (Å²) in [4.78, 5) is 29.8. The molecule has 26 heavy (non-hydrogen) atoms. The maximum Gasteiger partial charge on any atom is 0.352 e. The summed E-state index contributed by atoms with van der Waals surface area (Å²) >= 11 is 0. The molecule has 0 amide bonds. The third-order valence-corrected chi connectivity index (χ3v) is 3.61. The first kappa shape index (κ1) is 17.0. The van der Waals surface area contributed by atoms with E-state index < -0.39 is 10.9 Å². The van der Waals surface area contributed by atoms with Crippen LogP contribution < -0.4 is 5.43 Å². The number of anilines is 1. The Hall–Kier alpha value is -3.88. The molecule has 0 aliphatic rings. The average molecular weight is 351 g/mol. The van der Waals surface area contributed by atoms with E-state index in [1.54, 1.807) is 12.1 Å². The molecule has 2 N–H and O–H groups in total. The van der Waals surface area contributed by atoms with Crippen molar-refractivity contribution >= 4 is 34.1 Å². The second kappa shape index (κ2) is 7.34. The number of hydrogen-bond donors (Lipinski definition) is 2. The van der Waals surface area contributed by atoms with Crippen LogP contribution in [0, 0.1) is 10.1 Å². The zero-order valence-electron chi connectivity index (χ0n) is 13.4. The van der Waals surface area contributed by atoms with Gasteiger partial charge in [-0.05, 0) is 17.7 Å². The number of aromatic nitrogens is 2. The summed E-state index contributed by atoms with van der Waals surface area (Å²) in [5, 5.41) is 24.7. The third-order valence-electron chi connectivity index (χ3n) is 3.61. The van der Waals surface area contributed by atoms with Crippen LogP contribution in [0.2, 0.25) is 0 Å². The number of carboxylic acids is 1. The minimum absolute atomic E-state index is 0.00332. The molecule has 2 aromatic carbocycles. The predicted octanol–water partition coefficient (Wildman–Crippen LogP) is 2.63. The SMILES string of the molecule is O=C(O)/C(Cc1ccc([N+](=O)[O-])cc1)=N/Nc1ncnc2ccccc12. The fourth-order valence-electron chi connectivity index (χ4n) is 2.31. The van der Waals surface area contributed by atoms with Crippen LogP contribution in [0.5, 0.6) is 0 Å². The number of benzene rings is 2. The van der Waals surface area contributed by atoms with Crippen LogP contribution in [-0.2, 0) is 11.2 Å². The van der Waals surface area contributed by atoms with Gasteiger partial charge < -0.3 is 5.11 Å². The minimum atomic E-state index is -1.20. The van der Waals surface area contributed by atoms with E-state index in [-0.39, 0.29) is 17.8 Å². The van der Waals surface area contributed by atoms with Gasteiger partial charge in [-0.15, -0.1) is 0 Å². The van der Waals surface area contributed by atoms with E-state index in [9.17, 15) is 20.0 Å². The number of non-ortho nitro benzene ring substituents is 1. The number of rotatable bonds is 6. The normalized spacial score (nSPS) is 11.3. The highest BCUT2D eigenvalue weighted by Crippen LogP contribution is 2.18. The molecule has 3 rings (SSSR count). The molecule has 0 bridgehead atoms. The molecule has 0 saturated carbocycles. The second-order valence-electron chi connectivity index (χ2n) is 5.32. The number of carbonyl (C=O) groups is 1. The van der Waals surface area contributed by atoms with Crippen molar-refractivity contribution in [2.24, 2.45) is 5.10 Å². The zero-order valence-corrected chi connectivity index (χ0v) is 13.4. The van der Waals surface area contributed by atoms with Crippen LogP contribution in [-0.4, -0.2) is 31.7 Å². The Morgan fingerprint density at radius 1 is 1.15 bits per heavy atom. The highest BCUT2D eigenvalue weighted by atomic mass is 16.6. The molecule has 3 aromatic rings. The Morgan fingerprint density at radius 2 is 1.88 bits per heavy atom. The molecule has 0 radical (unpaired) electrons. The fraction of sp³-hybridized carbons (Fsp3) is 0.0588. The zero-order chi connectivity index (χ0) is 18.5. The topological polar surface area (TPSA) is 131 Å². The molecule has 9 nitrogen and oxygen atoms in total. The fourth-order valence-corrected chi connectivity index (χ4v) is 2.31. The number of nitrogens with zero attached hydrogens (tertiary/aromatic N) is 4. The summed E-state index contributed by atoms with van der Waals surface area (Å²) in [6.07, 6.45) is 1.36. The maximum atomic E-state index is 11.5. The van der Waals surface area contributed by atoms with Gasteiger partial charge in [-0.1, -0.05) is 24.3 Å². The van der Waals surface area contributed by atoms with Crippen molar-refractivity contribution in [1.29, 1.82) is 0 Å². The molecule has 0 aliphatic carbocycles. The summed E-state index contributed by atoms with van der Waals surface area (Å²) < 4.78 is 0. The summed E-state index contributed by atoms with van der Waals surface area (Å²) in [7, 11) is 0. The van der Waals surface area contributed by atoms with Gasteiger partial charge in [0.05, 0.1) is 10.4 Å². The van der Waals surface area contributed by atoms with Crippen molar-refractivity contribution in [3.63, 3.8) is 0 Å².